The first-order chi connectivity index (χ1) is 15.5. The molecule has 0 radical (unpaired) electrons. The molecule has 9 heteroatoms. The molecular formula is C23H22BrN5O3. The molecule has 4 aromatic rings. The van der Waals surface area contributed by atoms with Crippen LogP contribution in [-0.4, -0.2) is 32.1 Å². The number of hydrogen-bond donors (Lipinski definition) is 1. The Morgan fingerprint density at radius 2 is 1.97 bits per heavy atom. The van der Waals surface area contributed by atoms with Crippen molar-refractivity contribution in [2.24, 2.45) is 7.05 Å². The first kappa shape index (κ1) is 21.8. The van der Waals surface area contributed by atoms with Gasteiger partial charge in [0, 0.05) is 36.9 Å². The summed E-state index contributed by atoms with van der Waals surface area (Å²) in [6.45, 7) is 0.218. The number of amides is 1. The summed E-state index contributed by atoms with van der Waals surface area (Å²) in [5.41, 5.74) is 1.32. The summed E-state index contributed by atoms with van der Waals surface area (Å²) < 4.78 is 9.36. The Morgan fingerprint density at radius 1 is 1.19 bits per heavy atom. The fourth-order valence-corrected chi connectivity index (χ4v) is 3.86. The molecule has 0 saturated heterocycles. The molecular weight excluding hydrogens is 474 g/mol. The molecule has 2 aromatic heterocycles. The van der Waals surface area contributed by atoms with Gasteiger partial charge >= 0.3 is 0 Å². The molecule has 0 saturated carbocycles. The van der Waals surface area contributed by atoms with E-state index in [1.54, 1.807) is 25.4 Å². The first-order valence-electron chi connectivity index (χ1n) is 10.0. The van der Waals surface area contributed by atoms with Crippen molar-refractivity contribution >= 4 is 32.7 Å². The lowest BCUT2D eigenvalue weighted by Crippen LogP contribution is -2.32. The van der Waals surface area contributed by atoms with E-state index in [1.165, 1.54) is 10.9 Å². The van der Waals surface area contributed by atoms with E-state index in [4.69, 9.17) is 4.74 Å². The zero-order chi connectivity index (χ0) is 22.7. The molecule has 1 atom stereocenters. The third kappa shape index (κ3) is 4.57. The van der Waals surface area contributed by atoms with Gasteiger partial charge in [0.25, 0.3) is 5.56 Å². The highest BCUT2D eigenvalue weighted by Crippen LogP contribution is 2.23. The molecule has 0 aliphatic rings. The second-order valence-electron chi connectivity index (χ2n) is 7.32. The minimum absolute atomic E-state index is 0.123. The predicted octanol–water partition coefficient (Wildman–Crippen LogP) is 3.20. The number of nitrogens with one attached hydrogen (secondary N) is 1. The van der Waals surface area contributed by atoms with E-state index in [-0.39, 0.29) is 24.4 Å². The standard InChI is InChI=1S/C23H22BrN5O3/c1-28-12-10-25-22(28)21(15-3-6-17(32-2)7-4-15)27-20(30)9-11-29-14-26-19-8-5-16(24)13-18(19)23(29)31/h3-8,10,12-14,21H,9,11H2,1-2H3,(H,27,30). The summed E-state index contributed by atoms with van der Waals surface area (Å²) in [6.07, 6.45) is 5.12. The van der Waals surface area contributed by atoms with E-state index < -0.39 is 6.04 Å². The van der Waals surface area contributed by atoms with Gasteiger partial charge in [0.05, 0.1) is 24.3 Å². The Balaban J connectivity index is 1.53. The van der Waals surface area contributed by atoms with Crippen LogP contribution in [0.1, 0.15) is 23.9 Å². The summed E-state index contributed by atoms with van der Waals surface area (Å²) in [4.78, 5) is 34.4. The number of aryl methyl sites for hydroxylation is 2. The van der Waals surface area contributed by atoms with Gasteiger partial charge in [-0.3, -0.25) is 14.2 Å². The topological polar surface area (TPSA) is 91.0 Å². The fraction of sp³-hybridized carbons (Fsp3) is 0.217. The van der Waals surface area contributed by atoms with Crippen molar-refractivity contribution in [2.45, 2.75) is 19.0 Å². The highest BCUT2D eigenvalue weighted by atomic mass is 79.9. The number of aromatic nitrogens is 4. The lowest BCUT2D eigenvalue weighted by molar-refractivity contribution is -0.121. The fourth-order valence-electron chi connectivity index (χ4n) is 3.49. The number of imidazole rings is 1. The van der Waals surface area contributed by atoms with Crippen LogP contribution >= 0.6 is 15.9 Å². The summed E-state index contributed by atoms with van der Waals surface area (Å²) in [5.74, 6) is 1.24. The van der Waals surface area contributed by atoms with Gasteiger partial charge in [-0.25, -0.2) is 9.97 Å². The number of fused-ring (bicyclic) bond motifs is 1. The van der Waals surface area contributed by atoms with Crippen molar-refractivity contribution in [1.82, 2.24) is 24.4 Å². The first-order valence-corrected chi connectivity index (χ1v) is 10.8. The summed E-state index contributed by atoms with van der Waals surface area (Å²) in [7, 11) is 3.48. The van der Waals surface area contributed by atoms with Crippen molar-refractivity contribution in [1.29, 1.82) is 0 Å². The number of carbonyl (C=O) groups is 1. The van der Waals surface area contributed by atoms with E-state index in [9.17, 15) is 9.59 Å². The molecule has 1 N–H and O–H groups in total. The van der Waals surface area contributed by atoms with Crippen LogP contribution in [0.5, 0.6) is 5.75 Å². The summed E-state index contributed by atoms with van der Waals surface area (Å²) in [5, 5.41) is 3.55. The molecule has 0 aliphatic heterocycles. The Kier molecular flexibility index (Phi) is 6.36. The van der Waals surface area contributed by atoms with Gasteiger partial charge in [0.2, 0.25) is 5.91 Å². The molecule has 1 amide bonds. The van der Waals surface area contributed by atoms with E-state index in [0.29, 0.717) is 16.7 Å². The van der Waals surface area contributed by atoms with Crippen molar-refractivity contribution in [3.63, 3.8) is 0 Å². The Morgan fingerprint density at radius 3 is 2.66 bits per heavy atom. The van der Waals surface area contributed by atoms with Gasteiger partial charge < -0.3 is 14.6 Å². The largest absolute Gasteiger partial charge is 0.497 e. The molecule has 8 nitrogen and oxygen atoms in total. The number of nitrogens with zero attached hydrogens (tertiary/aromatic N) is 4. The summed E-state index contributed by atoms with van der Waals surface area (Å²) in [6, 6.07) is 12.4. The zero-order valence-electron chi connectivity index (χ0n) is 17.7. The molecule has 2 aromatic carbocycles. The van der Waals surface area contributed by atoms with Gasteiger partial charge in [0.1, 0.15) is 17.6 Å². The Bertz CT molecular complexity index is 1310. The second-order valence-corrected chi connectivity index (χ2v) is 8.24. The van der Waals surface area contributed by atoms with Crippen molar-refractivity contribution in [3.05, 3.63) is 87.4 Å². The van der Waals surface area contributed by atoms with E-state index in [2.05, 4.69) is 31.2 Å². The van der Waals surface area contributed by atoms with E-state index in [0.717, 1.165) is 15.8 Å². The number of ether oxygens (including phenoxy) is 1. The van der Waals surface area contributed by atoms with Gasteiger partial charge in [-0.2, -0.15) is 0 Å². The smallest absolute Gasteiger partial charge is 0.261 e. The van der Waals surface area contributed by atoms with Gasteiger partial charge in [0.15, 0.2) is 0 Å². The number of halogens is 1. The summed E-state index contributed by atoms with van der Waals surface area (Å²) >= 11 is 3.38. The number of carbonyl (C=O) groups excluding carboxylic acids is 1. The van der Waals surface area contributed by atoms with Crippen LogP contribution in [0.4, 0.5) is 0 Å². The number of methoxy groups -OCH3 is 1. The van der Waals surface area contributed by atoms with Crippen LogP contribution in [0.15, 0.2) is 70.5 Å². The average Bonchev–Trinajstić information content (AvgIpc) is 3.23. The molecule has 4 rings (SSSR count). The normalized spacial score (nSPS) is 12.0. The lowest BCUT2D eigenvalue weighted by Gasteiger charge is -2.19. The molecule has 164 valence electrons. The molecule has 0 spiro atoms. The van der Waals surface area contributed by atoms with Crippen LogP contribution in [0.25, 0.3) is 10.9 Å². The average molecular weight is 496 g/mol. The molecule has 2 heterocycles. The maximum Gasteiger partial charge on any atom is 0.261 e. The SMILES string of the molecule is COc1ccc(C(NC(=O)CCn2cnc3ccc(Br)cc3c2=O)c2nccn2C)cc1. The highest BCUT2D eigenvalue weighted by molar-refractivity contribution is 9.10. The minimum Gasteiger partial charge on any atom is -0.497 e. The molecule has 0 fully saturated rings. The molecule has 1 unspecified atom stereocenters. The van der Waals surface area contributed by atoms with E-state index >= 15 is 0 Å². The van der Waals surface area contributed by atoms with Crippen molar-refractivity contribution < 1.29 is 9.53 Å². The lowest BCUT2D eigenvalue weighted by atomic mass is 10.1. The van der Waals surface area contributed by atoms with Crippen LogP contribution in [0, 0.1) is 0 Å². The molecule has 0 bridgehead atoms. The van der Waals surface area contributed by atoms with Crippen LogP contribution in [0.2, 0.25) is 0 Å². The van der Waals surface area contributed by atoms with Crippen LogP contribution in [-0.2, 0) is 18.4 Å². The monoisotopic (exact) mass is 495 g/mol. The third-order valence-corrected chi connectivity index (χ3v) is 5.73. The minimum atomic E-state index is -0.434. The van der Waals surface area contributed by atoms with Gasteiger partial charge in [-0.1, -0.05) is 28.1 Å². The highest BCUT2D eigenvalue weighted by Gasteiger charge is 2.21. The molecule has 32 heavy (non-hydrogen) atoms. The third-order valence-electron chi connectivity index (χ3n) is 5.24. The number of hydrogen-bond acceptors (Lipinski definition) is 5. The van der Waals surface area contributed by atoms with E-state index in [1.807, 2.05) is 48.1 Å². The van der Waals surface area contributed by atoms with Gasteiger partial charge in [-0.15, -0.1) is 0 Å². The predicted molar refractivity (Wildman–Crippen MR) is 125 cm³/mol. The second kappa shape index (κ2) is 9.35. The van der Waals surface area contributed by atoms with Crippen molar-refractivity contribution in [2.75, 3.05) is 7.11 Å². The quantitative estimate of drug-likeness (QED) is 0.425. The number of rotatable bonds is 7. The van der Waals surface area contributed by atoms with Crippen LogP contribution < -0.4 is 15.6 Å². The Hall–Kier alpha value is -3.46. The van der Waals surface area contributed by atoms with Crippen molar-refractivity contribution in [3.8, 4) is 5.75 Å². The zero-order valence-corrected chi connectivity index (χ0v) is 19.2. The maximum atomic E-state index is 12.8. The Labute approximate surface area is 193 Å². The maximum absolute atomic E-state index is 12.8. The molecule has 0 aliphatic carbocycles. The number of benzene rings is 2. The van der Waals surface area contributed by atoms with Gasteiger partial charge in [-0.05, 0) is 35.9 Å². The van der Waals surface area contributed by atoms with Crippen LogP contribution in [0.3, 0.4) is 0 Å².